The molecule has 1 aliphatic heterocycles. The number of hydrogen-bond acceptors (Lipinski definition) is 5. The minimum atomic E-state index is -0.398. The molecule has 0 radical (unpaired) electrons. The van der Waals surface area contributed by atoms with Crippen LogP contribution in [0.5, 0.6) is 0 Å². The predicted octanol–water partition coefficient (Wildman–Crippen LogP) is 4.67. The van der Waals surface area contributed by atoms with Gasteiger partial charge in [-0.15, -0.1) is 10.2 Å². The first-order valence-electron chi connectivity index (χ1n) is 9.70. The Kier molecular flexibility index (Phi) is 4.81. The van der Waals surface area contributed by atoms with Gasteiger partial charge in [-0.1, -0.05) is 48.5 Å². The molecule has 0 spiro atoms. The maximum Gasteiger partial charge on any atom is 0.277 e. The molecule has 0 aliphatic carbocycles. The second kappa shape index (κ2) is 7.75. The number of aromatic nitrogens is 3. The lowest BCUT2D eigenvalue weighted by Crippen LogP contribution is -2.31. The normalized spacial score (nSPS) is 15.1. The maximum absolute atomic E-state index is 13.2. The van der Waals surface area contributed by atoms with E-state index >= 15 is 0 Å². The highest BCUT2D eigenvalue weighted by atomic mass is 32.2. The summed E-state index contributed by atoms with van der Waals surface area (Å²) < 4.78 is 5.95. The molecular weight excluding hydrogens is 384 g/mol. The molecule has 2 aromatic heterocycles. The van der Waals surface area contributed by atoms with Crippen molar-refractivity contribution in [3.63, 3.8) is 0 Å². The van der Waals surface area contributed by atoms with E-state index in [0.717, 1.165) is 48.0 Å². The largest absolute Gasteiger partial charge is 0.411 e. The average Bonchev–Trinajstić information content (AvgIpc) is 3.52. The van der Waals surface area contributed by atoms with Crippen LogP contribution >= 0.6 is 11.8 Å². The van der Waals surface area contributed by atoms with E-state index in [1.165, 1.54) is 11.8 Å². The standard InChI is InChI=1S/C22H20N4O2S/c27-21(26-12-6-7-13-26)19(15-8-2-1-3-9-15)29-22-25-24-20(28-22)17-14-23-18-11-5-4-10-16(17)18/h1-5,8-11,14,19,23H,6-7,12-13H2/t19-/m1/s1. The van der Waals surface area contributed by atoms with Gasteiger partial charge < -0.3 is 14.3 Å². The van der Waals surface area contributed by atoms with Crippen LogP contribution < -0.4 is 0 Å². The number of para-hydroxylation sites is 1. The molecule has 5 rings (SSSR count). The fourth-order valence-electron chi connectivity index (χ4n) is 3.71. The topological polar surface area (TPSA) is 75.0 Å². The van der Waals surface area contributed by atoms with E-state index in [0.29, 0.717) is 11.1 Å². The number of likely N-dealkylation sites (tertiary alicyclic amines) is 1. The molecule has 1 atom stereocenters. The first-order valence-corrected chi connectivity index (χ1v) is 10.6. The highest BCUT2D eigenvalue weighted by Crippen LogP contribution is 2.38. The van der Waals surface area contributed by atoms with Gasteiger partial charge in [-0.25, -0.2) is 0 Å². The zero-order chi connectivity index (χ0) is 19.6. The smallest absolute Gasteiger partial charge is 0.277 e. The summed E-state index contributed by atoms with van der Waals surface area (Å²) in [6.45, 7) is 1.63. The van der Waals surface area contributed by atoms with Gasteiger partial charge in [0, 0.05) is 30.2 Å². The van der Waals surface area contributed by atoms with Gasteiger partial charge in [-0.3, -0.25) is 4.79 Å². The predicted molar refractivity (Wildman–Crippen MR) is 112 cm³/mol. The first-order chi connectivity index (χ1) is 14.3. The molecule has 7 heteroatoms. The van der Waals surface area contributed by atoms with E-state index < -0.39 is 5.25 Å². The zero-order valence-corrected chi connectivity index (χ0v) is 16.6. The molecule has 0 bridgehead atoms. The van der Waals surface area contributed by atoms with E-state index in [1.54, 1.807) is 0 Å². The number of H-pyrrole nitrogens is 1. The van der Waals surface area contributed by atoms with Crippen molar-refractivity contribution in [2.24, 2.45) is 0 Å². The van der Waals surface area contributed by atoms with Crippen molar-refractivity contribution in [2.75, 3.05) is 13.1 Å². The number of carbonyl (C=O) groups is 1. The second-order valence-electron chi connectivity index (χ2n) is 7.06. The molecule has 1 saturated heterocycles. The third-order valence-electron chi connectivity index (χ3n) is 5.19. The average molecular weight is 404 g/mol. The van der Waals surface area contributed by atoms with Crippen LogP contribution in [0.3, 0.4) is 0 Å². The summed E-state index contributed by atoms with van der Waals surface area (Å²) in [5, 5.41) is 9.47. The molecule has 0 saturated carbocycles. The summed E-state index contributed by atoms with van der Waals surface area (Å²) in [7, 11) is 0. The molecule has 0 unspecified atom stereocenters. The van der Waals surface area contributed by atoms with E-state index in [2.05, 4.69) is 15.2 Å². The zero-order valence-electron chi connectivity index (χ0n) is 15.7. The Hall–Kier alpha value is -3.06. The fourth-order valence-corrected chi connectivity index (χ4v) is 4.67. The number of rotatable bonds is 5. The third-order valence-corrected chi connectivity index (χ3v) is 6.27. The SMILES string of the molecule is O=C([C@H](Sc1nnc(-c2c[nH]c3ccccc23)o1)c1ccccc1)N1CCCC1. The van der Waals surface area contributed by atoms with Crippen LogP contribution in [-0.2, 0) is 4.79 Å². The van der Waals surface area contributed by atoms with Crippen LogP contribution in [0, 0.1) is 0 Å². The van der Waals surface area contributed by atoms with Crippen molar-refractivity contribution in [1.82, 2.24) is 20.1 Å². The molecular formula is C22H20N4O2S. The van der Waals surface area contributed by atoms with E-state index in [1.807, 2.05) is 65.7 Å². The Bertz CT molecular complexity index is 1130. The first kappa shape index (κ1) is 18.0. The molecule has 1 N–H and O–H groups in total. The van der Waals surface area contributed by atoms with Gasteiger partial charge >= 0.3 is 0 Å². The van der Waals surface area contributed by atoms with Gasteiger partial charge in [0.15, 0.2) is 0 Å². The molecule has 3 heterocycles. The number of carbonyl (C=O) groups excluding carboxylic acids is 1. The van der Waals surface area contributed by atoms with E-state index in [9.17, 15) is 4.79 Å². The molecule has 4 aromatic rings. The molecule has 146 valence electrons. The van der Waals surface area contributed by atoms with Crippen molar-refractivity contribution < 1.29 is 9.21 Å². The van der Waals surface area contributed by atoms with Crippen LogP contribution in [0.2, 0.25) is 0 Å². The number of nitrogens with zero attached hydrogens (tertiary/aromatic N) is 3. The number of benzene rings is 2. The summed E-state index contributed by atoms with van der Waals surface area (Å²) in [5.74, 6) is 0.552. The number of nitrogens with one attached hydrogen (secondary N) is 1. The molecule has 6 nitrogen and oxygen atoms in total. The minimum absolute atomic E-state index is 0.102. The second-order valence-corrected chi connectivity index (χ2v) is 8.12. The summed E-state index contributed by atoms with van der Waals surface area (Å²) >= 11 is 1.32. The van der Waals surface area contributed by atoms with Crippen molar-refractivity contribution in [3.05, 3.63) is 66.4 Å². The monoisotopic (exact) mass is 404 g/mol. The number of aromatic amines is 1. The van der Waals surface area contributed by atoms with Crippen molar-refractivity contribution in [1.29, 1.82) is 0 Å². The minimum Gasteiger partial charge on any atom is -0.411 e. The Morgan fingerprint density at radius 2 is 1.79 bits per heavy atom. The summed E-state index contributed by atoms with van der Waals surface area (Å²) in [4.78, 5) is 18.3. The van der Waals surface area contributed by atoms with Gasteiger partial charge in [0.25, 0.3) is 11.1 Å². The van der Waals surface area contributed by atoms with Crippen molar-refractivity contribution >= 4 is 28.6 Å². The lowest BCUT2D eigenvalue weighted by atomic mass is 10.1. The van der Waals surface area contributed by atoms with Gasteiger partial charge in [0.05, 0.1) is 5.56 Å². The number of thioether (sulfide) groups is 1. The van der Waals surface area contributed by atoms with E-state index in [-0.39, 0.29) is 5.91 Å². The fraction of sp³-hybridized carbons (Fsp3) is 0.227. The Balaban J connectivity index is 1.44. The number of amides is 1. The van der Waals surface area contributed by atoms with Gasteiger partial charge in [0.1, 0.15) is 5.25 Å². The van der Waals surface area contributed by atoms with Gasteiger partial charge in [-0.2, -0.15) is 0 Å². The number of hydrogen-bond donors (Lipinski definition) is 1. The lowest BCUT2D eigenvalue weighted by Gasteiger charge is -2.22. The maximum atomic E-state index is 13.2. The quantitative estimate of drug-likeness (QED) is 0.489. The van der Waals surface area contributed by atoms with Crippen LogP contribution in [0.15, 0.2) is 70.4 Å². The lowest BCUT2D eigenvalue weighted by molar-refractivity contribution is -0.129. The molecule has 1 aliphatic rings. The Morgan fingerprint density at radius 1 is 1.03 bits per heavy atom. The van der Waals surface area contributed by atoms with Crippen molar-refractivity contribution in [3.8, 4) is 11.5 Å². The van der Waals surface area contributed by atoms with Gasteiger partial charge in [-0.05, 0) is 36.2 Å². The molecule has 1 fully saturated rings. The highest BCUT2D eigenvalue weighted by Gasteiger charge is 2.30. The molecule has 29 heavy (non-hydrogen) atoms. The highest BCUT2D eigenvalue weighted by molar-refractivity contribution is 8.00. The van der Waals surface area contributed by atoms with Crippen LogP contribution in [-0.4, -0.2) is 39.1 Å². The molecule has 2 aromatic carbocycles. The third kappa shape index (κ3) is 3.53. The summed E-state index contributed by atoms with van der Waals surface area (Å²) in [5.41, 5.74) is 2.82. The summed E-state index contributed by atoms with van der Waals surface area (Å²) in [6, 6.07) is 17.8. The summed E-state index contributed by atoms with van der Waals surface area (Å²) in [6.07, 6.45) is 3.99. The van der Waals surface area contributed by atoms with Crippen LogP contribution in [0.1, 0.15) is 23.7 Å². The van der Waals surface area contributed by atoms with E-state index in [4.69, 9.17) is 4.42 Å². The number of fused-ring (bicyclic) bond motifs is 1. The van der Waals surface area contributed by atoms with Gasteiger partial charge in [0.2, 0.25) is 5.91 Å². The van der Waals surface area contributed by atoms with Crippen LogP contribution in [0.25, 0.3) is 22.4 Å². The molecule has 1 amide bonds. The Morgan fingerprint density at radius 3 is 2.62 bits per heavy atom. The Labute approximate surface area is 172 Å². The van der Waals surface area contributed by atoms with Crippen molar-refractivity contribution in [2.45, 2.75) is 23.3 Å². The van der Waals surface area contributed by atoms with Crippen LogP contribution in [0.4, 0.5) is 0 Å².